The molecule has 1 atom stereocenters. The van der Waals surface area contributed by atoms with Crippen LogP contribution in [0.15, 0.2) is 0 Å². The van der Waals surface area contributed by atoms with Crippen LogP contribution in [0.3, 0.4) is 0 Å². The van der Waals surface area contributed by atoms with Gasteiger partial charge in [-0.05, 0) is 31.6 Å². The number of rotatable bonds is 7. The lowest BCUT2D eigenvalue weighted by atomic mass is 9.87. The Balaban J connectivity index is 2.36. The highest BCUT2D eigenvalue weighted by atomic mass is 16.5. The quantitative estimate of drug-likeness (QED) is 0.672. The van der Waals surface area contributed by atoms with E-state index in [1.165, 1.54) is 0 Å². The highest BCUT2D eigenvalue weighted by molar-refractivity contribution is 5.76. The number of urea groups is 1. The molecule has 0 aromatic rings. The molecule has 0 bridgehead atoms. The molecule has 6 nitrogen and oxygen atoms in total. The molecule has 21 heavy (non-hydrogen) atoms. The Morgan fingerprint density at radius 1 is 1.33 bits per heavy atom. The highest BCUT2D eigenvalue weighted by Gasteiger charge is 2.31. The predicted molar refractivity (Wildman–Crippen MR) is 80.2 cm³/mol. The van der Waals surface area contributed by atoms with Crippen LogP contribution in [0.25, 0.3) is 0 Å². The van der Waals surface area contributed by atoms with Gasteiger partial charge in [-0.25, -0.2) is 4.79 Å². The third kappa shape index (κ3) is 7.32. The molecule has 1 saturated carbocycles. The van der Waals surface area contributed by atoms with Crippen LogP contribution in [0.2, 0.25) is 0 Å². The minimum Gasteiger partial charge on any atom is -0.481 e. The first-order chi connectivity index (χ1) is 9.69. The lowest BCUT2D eigenvalue weighted by molar-refractivity contribution is -0.137. The van der Waals surface area contributed by atoms with Gasteiger partial charge in [-0.15, -0.1) is 0 Å². The molecule has 6 heteroatoms. The molecule has 0 aromatic heterocycles. The van der Waals surface area contributed by atoms with E-state index in [4.69, 9.17) is 9.84 Å². The van der Waals surface area contributed by atoms with Gasteiger partial charge >= 0.3 is 12.0 Å². The van der Waals surface area contributed by atoms with E-state index < -0.39 is 5.97 Å². The smallest absolute Gasteiger partial charge is 0.315 e. The fraction of sp³-hybridized carbons (Fsp3) is 0.867. The SMILES string of the molecule is CCOC1CC(NC(=O)NC(CC(=O)O)CC(C)(C)C)C1. The molecular weight excluding hydrogens is 272 g/mol. The van der Waals surface area contributed by atoms with Gasteiger partial charge in [-0.1, -0.05) is 20.8 Å². The maximum absolute atomic E-state index is 11.9. The lowest BCUT2D eigenvalue weighted by Gasteiger charge is -2.36. The number of hydrogen-bond donors (Lipinski definition) is 3. The average Bonchev–Trinajstić information content (AvgIpc) is 2.22. The number of carboxylic acids is 1. The normalized spacial score (nSPS) is 23.0. The van der Waals surface area contributed by atoms with E-state index in [2.05, 4.69) is 10.6 Å². The Bertz CT molecular complexity index is 359. The number of hydrogen-bond acceptors (Lipinski definition) is 3. The molecule has 1 aliphatic carbocycles. The summed E-state index contributed by atoms with van der Waals surface area (Å²) in [4.78, 5) is 22.8. The van der Waals surface area contributed by atoms with Crippen molar-refractivity contribution in [1.29, 1.82) is 0 Å². The van der Waals surface area contributed by atoms with Crippen LogP contribution in [0, 0.1) is 5.41 Å². The molecule has 0 radical (unpaired) electrons. The molecule has 1 fully saturated rings. The van der Waals surface area contributed by atoms with Crippen LogP contribution in [0.4, 0.5) is 4.79 Å². The second-order valence-electron chi connectivity index (χ2n) is 6.92. The van der Waals surface area contributed by atoms with Crippen LogP contribution in [-0.2, 0) is 9.53 Å². The fourth-order valence-electron chi connectivity index (χ4n) is 2.59. The van der Waals surface area contributed by atoms with Crippen molar-refractivity contribution in [3.05, 3.63) is 0 Å². The number of carbonyl (C=O) groups excluding carboxylic acids is 1. The van der Waals surface area contributed by atoms with Crippen molar-refractivity contribution in [2.45, 2.75) is 71.6 Å². The maximum atomic E-state index is 11.9. The Kier molecular flexibility index (Phi) is 6.45. The Hall–Kier alpha value is -1.30. The van der Waals surface area contributed by atoms with Crippen molar-refractivity contribution < 1.29 is 19.4 Å². The van der Waals surface area contributed by atoms with Crippen LogP contribution in [-0.4, -0.2) is 41.9 Å². The van der Waals surface area contributed by atoms with E-state index in [0.717, 1.165) is 12.8 Å². The Labute approximate surface area is 126 Å². The molecular formula is C15H28N2O4. The summed E-state index contributed by atoms with van der Waals surface area (Å²) in [7, 11) is 0. The molecule has 1 aliphatic rings. The average molecular weight is 300 g/mol. The molecule has 1 unspecified atom stereocenters. The first kappa shape index (κ1) is 17.8. The van der Waals surface area contributed by atoms with E-state index in [1.54, 1.807) is 0 Å². The van der Waals surface area contributed by atoms with Gasteiger partial charge in [0, 0.05) is 18.7 Å². The topological polar surface area (TPSA) is 87.7 Å². The summed E-state index contributed by atoms with van der Waals surface area (Å²) >= 11 is 0. The van der Waals surface area contributed by atoms with Crippen molar-refractivity contribution in [1.82, 2.24) is 10.6 Å². The molecule has 2 amide bonds. The summed E-state index contributed by atoms with van der Waals surface area (Å²) in [6.07, 6.45) is 2.45. The fourth-order valence-corrected chi connectivity index (χ4v) is 2.59. The summed E-state index contributed by atoms with van der Waals surface area (Å²) in [5, 5.41) is 14.6. The van der Waals surface area contributed by atoms with Gasteiger partial charge in [0.2, 0.25) is 0 Å². The standard InChI is InChI=1S/C15H28N2O4/c1-5-21-12-6-10(7-12)16-14(20)17-11(8-13(18)19)9-15(2,3)4/h10-12H,5-9H2,1-4H3,(H,18,19)(H2,16,17,20). The van der Waals surface area contributed by atoms with Gasteiger partial charge in [0.15, 0.2) is 0 Å². The molecule has 0 spiro atoms. The molecule has 0 aliphatic heterocycles. The van der Waals surface area contributed by atoms with Gasteiger partial charge in [-0.2, -0.15) is 0 Å². The van der Waals surface area contributed by atoms with E-state index in [9.17, 15) is 9.59 Å². The first-order valence-corrected chi connectivity index (χ1v) is 7.60. The highest BCUT2D eigenvalue weighted by Crippen LogP contribution is 2.24. The first-order valence-electron chi connectivity index (χ1n) is 7.60. The van der Waals surface area contributed by atoms with Crippen molar-refractivity contribution in [3.8, 4) is 0 Å². The van der Waals surface area contributed by atoms with E-state index in [-0.39, 0.29) is 36.1 Å². The molecule has 0 aromatic carbocycles. The summed E-state index contributed by atoms with van der Waals surface area (Å²) in [5.41, 5.74) is -0.0378. The number of aliphatic carboxylic acids is 1. The minimum absolute atomic E-state index is 0.0378. The number of amides is 2. The van der Waals surface area contributed by atoms with Crippen molar-refractivity contribution in [3.63, 3.8) is 0 Å². The lowest BCUT2D eigenvalue weighted by Crippen LogP contribution is -2.53. The molecule has 0 saturated heterocycles. The number of ether oxygens (including phenoxy) is 1. The van der Waals surface area contributed by atoms with Gasteiger partial charge in [0.1, 0.15) is 0 Å². The van der Waals surface area contributed by atoms with Gasteiger partial charge in [0.25, 0.3) is 0 Å². The van der Waals surface area contributed by atoms with Crippen molar-refractivity contribution in [2.24, 2.45) is 5.41 Å². The van der Waals surface area contributed by atoms with E-state index in [1.807, 2.05) is 27.7 Å². The largest absolute Gasteiger partial charge is 0.481 e. The third-order valence-corrected chi connectivity index (χ3v) is 3.45. The summed E-state index contributed by atoms with van der Waals surface area (Å²) in [6, 6.07) is -0.516. The van der Waals surface area contributed by atoms with E-state index >= 15 is 0 Å². The van der Waals surface area contributed by atoms with Gasteiger partial charge in [-0.3, -0.25) is 4.79 Å². The number of nitrogens with one attached hydrogen (secondary N) is 2. The summed E-state index contributed by atoms with van der Waals surface area (Å²) < 4.78 is 5.44. The zero-order valence-electron chi connectivity index (χ0n) is 13.4. The van der Waals surface area contributed by atoms with Crippen LogP contribution in [0.5, 0.6) is 0 Å². The second kappa shape index (κ2) is 7.64. The maximum Gasteiger partial charge on any atom is 0.315 e. The third-order valence-electron chi connectivity index (χ3n) is 3.45. The van der Waals surface area contributed by atoms with E-state index in [0.29, 0.717) is 13.0 Å². The Morgan fingerprint density at radius 2 is 1.95 bits per heavy atom. The van der Waals surface area contributed by atoms with Crippen molar-refractivity contribution in [2.75, 3.05) is 6.61 Å². The van der Waals surface area contributed by atoms with Crippen LogP contribution < -0.4 is 10.6 Å². The summed E-state index contributed by atoms with van der Waals surface area (Å²) in [5.74, 6) is -0.899. The van der Waals surface area contributed by atoms with Crippen LogP contribution >= 0.6 is 0 Å². The number of carboxylic acid groups (broad SMARTS) is 1. The molecule has 0 heterocycles. The molecule has 122 valence electrons. The summed E-state index contributed by atoms with van der Waals surface area (Å²) in [6.45, 7) is 8.73. The number of carbonyl (C=O) groups is 2. The minimum atomic E-state index is -0.899. The van der Waals surface area contributed by atoms with Crippen LogP contribution in [0.1, 0.15) is 53.4 Å². The monoisotopic (exact) mass is 300 g/mol. The molecule has 1 rings (SSSR count). The van der Waals surface area contributed by atoms with Crippen molar-refractivity contribution >= 4 is 12.0 Å². The molecule has 3 N–H and O–H groups in total. The Morgan fingerprint density at radius 3 is 2.43 bits per heavy atom. The zero-order chi connectivity index (χ0) is 16.0. The second-order valence-corrected chi connectivity index (χ2v) is 6.92. The zero-order valence-corrected chi connectivity index (χ0v) is 13.4. The van der Waals surface area contributed by atoms with Gasteiger partial charge < -0.3 is 20.5 Å². The predicted octanol–water partition coefficient (Wildman–Crippen LogP) is 2.13. The van der Waals surface area contributed by atoms with Gasteiger partial charge in [0.05, 0.1) is 12.5 Å².